The number of ether oxygens (including phenoxy) is 1. The zero-order chi connectivity index (χ0) is 21.5. The van der Waals surface area contributed by atoms with E-state index in [1.54, 1.807) is 6.92 Å². The van der Waals surface area contributed by atoms with Gasteiger partial charge in [0.05, 0.1) is 0 Å². The van der Waals surface area contributed by atoms with Crippen molar-refractivity contribution >= 4 is 5.97 Å². The van der Waals surface area contributed by atoms with E-state index in [0.29, 0.717) is 12.0 Å². The zero-order valence-corrected chi connectivity index (χ0v) is 17.7. The molecular formula is C27H28O3. The Kier molecular flexibility index (Phi) is 7.21. The van der Waals surface area contributed by atoms with Crippen LogP contribution in [0.3, 0.4) is 0 Å². The summed E-state index contributed by atoms with van der Waals surface area (Å²) in [5.41, 5.74) is 8.11. The van der Waals surface area contributed by atoms with Gasteiger partial charge in [0, 0.05) is 12.2 Å². The molecule has 0 radical (unpaired) electrons. The molecular weight excluding hydrogens is 372 g/mol. The van der Waals surface area contributed by atoms with Gasteiger partial charge in [0.25, 0.3) is 0 Å². The highest BCUT2D eigenvalue weighted by molar-refractivity contribution is 5.87. The lowest BCUT2D eigenvalue weighted by Gasteiger charge is -2.16. The van der Waals surface area contributed by atoms with Crippen molar-refractivity contribution in [3.05, 3.63) is 95.6 Å². The number of esters is 1. The molecule has 0 atom stereocenters. The standard InChI is InChI=1S/C27H28O3/c1-4-21-17-23(22-8-6-5-7-9-22)11-13-25(21)26-12-10-20(14-15-28)16-24(26)18-30-27(29)19(2)3/h5-13,16-17,28H,2,4,14-15,18H2,1,3H3. The van der Waals surface area contributed by atoms with Gasteiger partial charge in [0.15, 0.2) is 0 Å². The number of carbonyl (C=O) groups is 1. The van der Waals surface area contributed by atoms with Gasteiger partial charge in [-0.3, -0.25) is 0 Å². The van der Waals surface area contributed by atoms with Gasteiger partial charge in [-0.25, -0.2) is 4.79 Å². The molecule has 0 amide bonds. The van der Waals surface area contributed by atoms with Crippen LogP contribution >= 0.6 is 0 Å². The Labute approximate surface area is 178 Å². The first-order valence-corrected chi connectivity index (χ1v) is 10.3. The van der Waals surface area contributed by atoms with Crippen LogP contribution in [0.4, 0.5) is 0 Å². The fraction of sp³-hybridized carbons (Fsp3) is 0.222. The summed E-state index contributed by atoms with van der Waals surface area (Å²) >= 11 is 0. The second-order valence-corrected chi connectivity index (χ2v) is 7.41. The van der Waals surface area contributed by atoms with Gasteiger partial charge in [-0.15, -0.1) is 0 Å². The number of carbonyl (C=O) groups excluding carboxylic acids is 1. The Morgan fingerprint density at radius 2 is 1.63 bits per heavy atom. The number of rotatable bonds is 8. The highest BCUT2D eigenvalue weighted by atomic mass is 16.5. The van der Waals surface area contributed by atoms with Crippen LogP contribution in [0.2, 0.25) is 0 Å². The topological polar surface area (TPSA) is 46.5 Å². The molecule has 0 aliphatic rings. The molecule has 30 heavy (non-hydrogen) atoms. The van der Waals surface area contributed by atoms with Crippen molar-refractivity contribution in [3.63, 3.8) is 0 Å². The molecule has 0 aliphatic heterocycles. The zero-order valence-electron chi connectivity index (χ0n) is 17.7. The van der Waals surface area contributed by atoms with Crippen LogP contribution in [0.15, 0.2) is 78.9 Å². The smallest absolute Gasteiger partial charge is 0.333 e. The molecule has 0 heterocycles. The minimum atomic E-state index is -0.399. The minimum Gasteiger partial charge on any atom is -0.457 e. The minimum absolute atomic E-state index is 0.0797. The van der Waals surface area contributed by atoms with E-state index in [0.717, 1.165) is 28.7 Å². The highest BCUT2D eigenvalue weighted by Crippen LogP contribution is 2.32. The van der Waals surface area contributed by atoms with Crippen LogP contribution in [-0.2, 0) is 29.0 Å². The lowest BCUT2D eigenvalue weighted by molar-refractivity contribution is -0.140. The van der Waals surface area contributed by atoms with Crippen molar-refractivity contribution < 1.29 is 14.6 Å². The summed E-state index contributed by atoms with van der Waals surface area (Å²) in [6, 6.07) is 22.9. The number of benzene rings is 3. The molecule has 3 heteroatoms. The van der Waals surface area contributed by atoms with Crippen LogP contribution < -0.4 is 0 Å². The van der Waals surface area contributed by atoms with Crippen molar-refractivity contribution in [1.82, 2.24) is 0 Å². The summed E-state index contributed by atoms with van der Waals surface area (Å²) in [5.74, 6) is -0.399. The third-order valence-corrected chi connectivity index (χ3v) is 5.16. The molecule has 0 fully saturated rings. The molecule has 3 aromatic rings. The fourth-order valence-electron chi connectivity index (χ4n) is 3.54. The molecule has 1 N–H and O–H groups in total. The van der Waals surface area contributed by atoms with E-state index in [1.165, 1.54) is 16.7 Å². The summed E-state index contributed by atoms with van der Waals surface area (Å²) in [4.78, 5) is 11.9. The lowest BCUT2D eigenvalue weighted by Crippen LogP contribution is -2.07. The molecule has 0 bridgehead atoms. The molecule has 3 rings (SSSR count). The van der Waals surface area contributed by atoms with E-state index >= 15 is 0 Å². The Bertz CT molecular complexity index is 1040. The molecule has 0 spiro atoms. The van der Waals surface area contributed by atoms with Crippen molar-refractivity contribution in [3.8, 4) is 22.3 Å². The number of aliphatic hydroxyl groups is 1. The van der Waals surface area contributed by atoms with Gasteiger partial charge in [-0.05, 0) is 58.7 Å². The summed E-state index contributed by atoms with van der Waals surface area (Å²) in [6.45, 7) is 7.69. The van der Waals surface area contributed by atoms with Crippen molar-refractivity contribution in [2.75, 3.05) is 6.61 Å². The fourth-order valence-corrected chi connectivity index (χ4v) is 3.54. The summed E-state index contributed by atoms with van der Waals surface area (Å²) in [6.07, 6.45) is 1.45. The molecule has 0 aliphatic carbocycles. The van der Waals surface area contributed by atoms with Crippen molar-refractivity contribution in [2.45, 2.75) is 33.3 Å². The predicted octanol–water partition coefficient (Wildman–Crippen LogP) is 5.74. The number of aryl methyl sites for hydroxylation is 1. The number of hydrogen-bond acceptors (Lipinski definition) is 3. The number of aliphatic hydroxyl groups excluding tert-OH is 1. The van der Waals surface area contributed by atoms with E-state index in [1.807, 2.05) is 30.3 Å². The van der Waals surface area contributed by atoms with Gasteiger partial charge in [-0.2, -0.15) is 0 Å². The maximum absolute atomic E-state index is 11.9. The molecule has 0 saturated heterocycles. The summed E-state index contributed by atoms with van der Waals surface area (Å²) in [7, 11) is 0. The van der Waals surface area contributed by atoms with Crippen LogP contribution in [0.1, 0.15) is 30.5 Å². The van der Waals surface area contributed by atoms with Gasteiger partial charge in [0.1, 0.15) is 6.61 Å². The third kappa shape index (κ3) is 5.05. The average molecular weight is 401 g/mol. The first kappa shape index (κ1) is 21.5. The monoisotopic (exact) mass is 400 g/mol. The predicted molar refractivity (Wildman–Crippen MR) is 122 cm³/mol. The van der Waals surface area contributed by atoms with Gasteiger partial charge < -0.3 is 9.84 Å². The second kappa shape index (κ2) is 10.0. The molecule has 3 nitrogen and oxygen atoms in total. The van der Waals surface area contributed by atoms with E-state index < -0.39 is 5.97 Å². The van der Waals surface area contributed by atoms with Gasteiger partial charge >= 0.3 is 5.97 Å². The van der Waals surface area contributed by atoms with Crippen molar-refractivity contribution in [2.24, 2.45) is 0 Å². The van der Waals surface area contributed by atoms with Gasteiger partial charge in [-0.1, -0.05) is 80.2 Å². The molecule has 3 aromatic carbocycles. The average Bonchev–Trinajstić information content (AvgIpc) is 2.78. The summed E-state index contributed by atoms with van der Waals surface area (Å²) < 4.78 is 5.45. The normalized spacial score (nSPS) is 10.6. The van der Waals surface area contributed by atoms with Crippen LogP contribution in [0, 0.1) is 0 Å². The summed E-state index contributed by atoms with van der Waals surface area (Å²) in [5, 5.41) is 9.31. The first-order valence-electron chi connectivity index (χ1n) is 10.3. The van der Waals surface area contributed by atoms with E-state index in [4.69, 9.17) is 4.74 Å². The highest BCUT2D eigenvalue weighted by Gasteiger charge is 2.13. The quantitative estimate of drug-likeness (QED) is 0.388. The Morgan fingerprint density at radius 1 is 0.933 bits per heavy atom. The van der Waals surface area contributed by atoms with Gasteiger partial charge in [0.2, 0.25) is 0 Å². The van der Waals surface area contributed by atoms with Crippen LogP contribution in [0.5, 0.6) is 0 Å². The number of hydrogen-bond donors (Lipinski definition) is 1. The molecule has 0 saturated carbocycles. The first-order chi connectivity index (χ1) is 14.5. The Balaban J connectivity index is 2.02. The van der Waals surface area contributed by atoms with E-state index in [9.17, 15) is 9.90 Å². The largest absolute Gasteiger partial charge is 0.457 e. The Hall–Kier alpha value is -3.17. The maximum Gasteiger partial charge on any atom is 0.333 e. The second-order valence-electron chi connectivity index (χ2n) is 7.41. The molecule has 0 aromatic heterocycles. The maximum atomic E-state index is 11.9. The van der Waals surface area contributed by atoms with E-state index in [2.05, 4.69) is 49.9 Å². The third-order valence-electron chi connectivity index (χ3n) is 5.16. The molecule has 154 valence electrons. The van der Waals surface area contributed by atoms with E-state index in [-0.39, 0.29) is 13.2 Å². The SMILES string of the molecule is C=C(C)C(=O)OCc1cc(CCO)ccc1-c1ccc(-c2ccccc2)cc1CC. The molecule has 0 unspecified atom stereocenters. The van der Waals surface area contributed by atoms with Crippen LogP contribution in [-0.4, -0.2) is 17.7 Å². The Morgan fingerprint density at radius 3 is 2.30 bits per heavy atom. The van der Waals surface area contributed by atoms with Crippen molar-refractivity contribution in [1.29, 1.82) is 0 Å². The lowest BCUT2D eigenvalue weighted by atomic mass is 9.90. The van der Waals surface area contributed by atoms with Crippen LogP contribution in [0.25, 0.3) is 22.3 Å².